The number of nitrogens with two attached hydrogens (primary N) is 1. The van der Waals surface area contributed by atoms with Gasteiger partial charge < -0.3 is 25.8 Å². The molecule has 1 aliphatic rings. The van der Waals surface area contributed by atoms with Gasteiger partial charge in [-0.2, -0.15) is 0 Å². The van der Waals surface area contributed by atoms with Gasteiger partial charge in [0.1, 0.15) is 11.5 Å². The highest BCUT2D eigenvalue weighted by Gasteiger charge is 2.22. The van der Waals surface area contributed by atoms with E-state index >= 15 is 0 Å². The number of rotatable bonds is 5. The standard InChI is InChI=1S/C15H23N3O3/c1-21-12-2-3-14(19)13(10-12)15(20)17-11-4-7-18(8-5-11)9-6-16/h2-3,10-11,19H,4-9,16H2,1H3,(H,17,20). The smallest absolute Gasteiger partial charge is 0.255 e. The summed E-state index contributed by atoms with van der Waals surface area (Å²) in [5, 5.41) is 12.8. The van der Waals surface area contributed by atoms with Crippen LogP contribution in [0.1, 0.15) is 23.2 Å². The Hall–Kier alpha value is -1.79. The molecule has 116 valence electrons. The molecule has 4 N–H and O–H groups in total. The van der Waals surface area contributed by atoms with Crippen LogP contribution in [0.3, 0.4) is 0 Å². The fraction of sp³-hybridized carbons (Fsp3) is 0.533. The van der Waals surface area contributed by atoms with Crippen LogP contribution in [-0.4, -0.2) is 55.2 Å². The number of likely N-dealkylation sites (tertiary alicyclic amines) is 1. The van der Waals surface area contributed by atoms with Crippen molar-refractivity contribution >= 4 is 5.91 Å². The van der Waals surface area contributed by atoms with E-state index in [2.05, 4.69) is 10.2 Å². The molecule has 6 nitrogen and oxygen atoms in total. The summed E-state index contributed by atoms with van der Waals surface area (Å²) < 4.78 is 5.08. The van der Waals surface area contributed by atoms with Gasteiger partial charge in [0.15, 0.2) is 0 Å². The average molecular weight is 293 g/mol. The molecule has 0 unspecified atom stereocenters. The molecule has 1 saturated heterocycles. The quantitative estimate of drug-likeness (QED) is 0.738. The molecule has 0 radical (unpaired) electrons. The number of phenols is 1. The second kappa shape index (κ2) is 7.28. The Kier molecular flexibility index (Phi) is 5.41. The van der Waals surface area contributed by atoms with Crippen molar-refractivity contribution in [2.24, 2.45) is 5.73 Å². The number of phenolic OH excluding ortho intramolecular Hbond substituents is 1. The van der Waals surface area contributed by atoms with Gasteiger partial charge >= 0.3 is 0 Å². The number of hydrogen-bond donors (Lipinski definition) is 3. The van der Waals surface area contributed by atoms with Crippen LogP contribution in [0.15, 0.2) is 18.2 Å². The SMILES string of the molecule is COc1ccc(O)c(C(=O)NC2CCN(CCN)CC2)c1. The lowest BCUT2D eigenvalue weighted by atomic mass is 10.0. The highest BCUT2D eigenvalue weighted by molar-refractivity contribution is 5.97. The van der Waals surface area contributed by atoms with Crippen LogP contribution in [-0.2, 0) is 0 Å². The molecule has 1 fully saturated rings. The Morgan fingerprint density at radius 2 is 2.19 bits per heavy atom. The molecular formula is C15H23N3O3. The maximum atomic E-state index is 12.2. The van der Waals surface area contributed by atoms with Gasteiger partial charge in [0, 0.05) is 32.2 Å². The van der Waals surface area contributed by atoms with E-state index in [1.165, 1.54) is 13.2 Å². The van der Waals surface area contributed by atoms with Gasteiger partial charge in [-0.25, -0.2) is 0 Å². The first-order valence-electron chi connectivity index (χ1n) is 7.24. The van der Waals surface area contributed by atoms with E-state index in [0.29, 0.717) is 12.3 Å². The third-order valence-electron chi connectivity index (χ3n) is 3.82. The van der Waals surface area contributed by atoms with Crippen molar-refractivity contribution in [1.82, 2.24) is 10.2 Å². The second-order valence-electron chi connectivity index (χ2n) is 5.26. The lowest BCUT2D eigenvalue weighted by molar-refractivity contribution is 0.0909. The fourth-order valence-corrected chi connectivity index (χ4v) is 2.57. The molecule has 6 heteroatoms. The molecule has 21 heavy (non-hydrogen) atoms. The number of methoxy groups -OCH3 is 1. The number of aromatic hydroxyl groups is 1. The normalized spacial score (nSPS) is 16.7. The van der Waals surface area contributed by atoms with Crippen LogP contribution in [0.5, 0.6) is 11.5 Å². The van der Waals surface area contributed by atoms with Crippen molar-refractivity contribution in [3.63, 3.8) is 0 Å². The first-order chi connectivity index (χ1) is 10.1. The summed E-state index contributed by atoms with van der Waals surface area (Å²) in [5.41, 5.74) is 5.79. The summed E-state index contributed by atoms with van der Waals surface area (Å²) in [6.07, 6.45) is 1.80. The van der Waals surface area contributed by atoms with E-state index in [4.69, 9.17) is 10.5 Å². The Balaban J connectivity index is 1.93. The Bertz CT molecular complexity index is 485. The first-order valence-corrected chi connectivity index (χ1v) is 7.24. The van der Waals surface area contributed by atoms with E-state index in [-0.39, 0.29) is 23.3 Å². The summed E-state index contributed by atoms with van der Waals surface area (Å²) in [6, 6.07) is 4.78. The van der Waals surface area contributed by atoms with Crippen LogP contribution in [0.2, 0.25) is 0 Å². The van der Waals surface area contributed by atoms with Gasteiger partial charge in [-0.15, -0.1) is 0 Å². The molecular weight excluding hydrogens is 270 g/mol. The number of carbonyl (C=O) groups is 1. The predicted octanol–water partition coefficient (Wildman–Crippen LogP) is 0.554. The molecule has 0 saturated carbocycles. The monoisotopic (exact) mass is 293 g/mol. The molecule has 1 aromatic carbocycles. The van der Waals surface area contributed by atoms with Crippen LogP contribution < -0.4 is 15.8 Å². The summed E-state index contributed by atoms with van der Waals surface area (Å²) in [6.45, 7) is 3.44. The van der Waals surface area contributed by atoms with Gasteiger partial charge in [-0.1, -0.05) is 0 Å². The maximum Gasteiger partial charge on any atom is 0.255 e. The van der Waals surface area contributed by atoms with Crippen LogP contribution in [0.25, 0.3) is 0 Å². The van der Waals surface area contributed by atoms with Gasteiger partial charge in [-0.05, 0) is 31.0 Å². The molecule has 0 bridgehead atoms. The van der Waals surface area contributed by atoms with Gasteiger partial charge in [0.25, 0.3) is 5.91 Å². The Morgan fingerprint density at radius 1 is 1.48 bits per heavy atom. The number of benzene rings is 1. The van der Waals surface area contributed by atoms with Gasteiger partial charge in [0.05, 0.1) is 12.7 Å². The molecule has 0 spiro atoms. The third-order valence-corrected chi connectivity index (χ3v) is 3.82. The van der Waals surface area contributed by atoms with E-state index in [9.17, 15) is 9.90 Å². The average Bonchev–Trinajstić information content (AvgIpc) is 2.50. The number of hydrogen-bond acceptors (Lipinski definition) is 5. The van der Waals surface area contributed by atoms with Crippen molar-refractivity contribution in [1.29, 1.82) is 0 Å². The maximum absolute atomic E-state index is 12.2. The van der Waals surface area contributed by atoms with Gasteiger partial charge in [-0.3, -0.25) is 4.79 Å². The van der Waals surface area contributed by atoms with Crippen molar-refractivity contribution < 1.29 is 14.6 Å². The fourth-order valence-electron chi connectivity index (χ4n) is 2.57. The van der Waals surface area contributed by atoms with Crippen LogP contribution >= 0.6 is 0 Å². The van der Waals surface area contributed by atoms with Gasteiger partial charge in [0.2, 0.25) is 0 Å². The third kappa shape index (κ3) is 4.09. The minimum absolute atomic E-state index is 0.0335. The minimum Gasteiger partial charge on any atom is -0.507 e. The number of nitrogens with zero attached hydrogens (tertiary/aromatic N) is 1. The topological polar surface area (TPSA) is 87.8 Å². The molecule has 0 aliphatic carbocycles. The lowest BCUT2D eigenvalue weighted by Gasteiger charge is -2.32. The Labute approximate surface area is 124 Å². The molecule has 1 aromatic rings. The van der Waals surface area contributed by atoms with Crippen molar-refractivity contribution in [2.45, 2.75) is 18.9 Å². The molecule has 2 rings (SSSR count). The molecule has 1 amide bonds. The van der Waals surface area contributed by atoms with Crippen LogP contribution in [0, 0.1) is 0 Å². The Morgan fingerprint density at radius 3 is 2.81 bits per heavy atom. The number of carbonyl (C=O) groups excluding carboxylic acids is 1. The molecule has 1 aliphatic heterocycles. The largest absolute Gasteiger partial charge is 0.507 e. The van der Waals surface area contributed by atoms with Crippen molar-refractivity contribution in [3.05, 3.63) is 23.8 Å². The van der Waals surface area contributed by atoms with Crippen molar-refractivity contribution in [2.75, 3.05) is 33.3 Å². The zero-order valence-electron chi connectivity index (χ0n) is 12.3. The lowest BCUT2D eigenvalue weighted by Crippen LogP contribution is -2.45. The van der Waals surface area contributed by atoms with E-state index in [0.717, 1.165) is 32.5 Å². The molecule has 1 heterocycles. The number of nitrogens with one attached hydrogen (secondary N) is 1. The number of ether oxygens (including phenoxy) is 1. The second-order valence-corrected chi connectivity index (χ2v) is 5.26. The number of piperidine rings is 1. The van der Waals surface area contributed by atoms with Crippen molar-refractivity contribution in [3.8, 4) is 11.5 Å². The van der Waals surface area contributed by atoms with Crippen LogP contribution in [0.4, 0.5) is 0 Å². The highest BCUT2D eigenvalue weighted by Crippen LogP contribution is 2.23. The zero-order valence-corrected chi connectivity index (χ0v) is 12.3. The van der Waals surface area contributed by atoms with E-state index in [1.807, 2.05) is 0 Å². The number of amides is 1. The molecule has 0 atom stereocenters. The summed E-state index contributed by atoms with van der Waals surface area (Å²) in [5.74, 6) is 0.258. The van der Waals surface area contributed by atoms with E-state index < -0.39 is 0 Å². The minimum atomic E-state index is -0.260. The van der Waals surface area contributed by atoms with E-state index in [1.54, 1.807) is 12.1 Å². The predicted molar refractivity (Wildman–Crippen MR) is 80.6 cm³/mol. The highest BCUT2D eigenvalue weighted by atomic mass is 16.5. The first kappa shape index (κ1) is 15.6. The molecule has 0 aromatic heterocycles. The summed E-state index contributed by atoms with van der Waals surface area (Å²) in [4.78, 5) is 14.5. The summed E-state index contributed by atoms with van der Waals surface area (Å²) >= 11 is 0. The summed E-state index contributed by atoms with van der Waals surface area (Å²) in [7, 11) is 1.53. The zero-order chi connectivity index (χ0) is 15.2.